The van der Waals surface area contributed by atoms with Gasteiger partial charge in [-0.25, -0.2) is 0 Å². The van der Waals surface area contributed by atoms with Crippen molar-refractivity contribution in [1.29, 1.82) is 5.26 Å². The van der Waals surface area contributed by atoms with E-state index in [4.69, 9.17) is 23.8 Å². The monoisotopic (exact) mass is 467 g/mol. The van der Waals surface area contributed by atoms with Crippen LogP contribution in [0.3, 0.4) is 0 Å². The highest BCUT2D eigenvalue weighted by Gasteiger charge is 2.24. The number of rotatable bonds is 2. The molecular weight excluding hydrogens is 454 g/mol. The van der Waals surface area contributed by atoms with Crippen LogP contribution in [0.15, 0.2) is 22.7 Å². The SMILES string of the molecule is C[C@H]1CCc2c(sc(NC(=S)NC(=O)c3cc(Br)ccc3Cl)c2C#N)C1. The zero-order valence-corrected chi connectivity index (χ0v) is 17.8. The normalized spacial score (nSPS) is 15.7. The molecule has 1 aliphatic carbocycles. The Morgan fingerprint density at radius 2 is 2.27 bits per heavy atom. The highest BCUT2D eigenvalue weighted by molar-refractivity contribution is 9.10. The molecule has 2 aromatic rings. The van der Waals surface area contributed by atoms with Gasteiger partial charge in [0.05, 0.1) is 16.1 Å². The molecule has 3 rings (SSSR count). The first kappa shape index (κ1) is 19.3. The van der Waals surface area contributed by atoms with Crippen molar-refractivity contribution in [3.63, 3.8) is 0 Å². The third-order valence-electron chi connectivity index (χ3n) is 4.25. The summed E-state index contributed by atoms with van der Waals surface area (Å²) >= 11 is 16.2. The number of anilines is 1. The van der Waals surface area contributed by atoms with Crippen molar-refractivity contribution < 1.29 is 4.79 Å². The van der Waals surface area contributed by atoms with E-state index in [1.165, 1.54) is 4.88 Å². The summed E-state index contributed by atoms with van der Waals surface area (Å²) in [4.78, 5) is 13.6. The largest absolute Gasteiger partial charge is 0.323 e. The zero-order chi connectivity index (χ0) is 18.8. The molecule has 134 valence electrons. The lowest BCUT2D eigenvalue weighted by molar-refractivity contribution is 0.0978. The summed E-state index contributed by atoms with van der Waals surface area (Å²) in [6, 6.07) is 7.30. The van der Waals surface area contributed by atoms with E-state index in [2.05, 4.69) is 39.6 Å². The van der Waals surface area contributed by atoms with Crippen LogP contribution in [0.4, 0.5) is 5.00 Å². The molecule has 0 saturated carbocycles. The lowest BCUT2D eigenvalue weighted by atomic mass is 9.89. The standard InChI is InChI=1S/C18H15BrClN3OS2/c1-9-2-4-11-13(8-21)17(26-15(11)6-9)23-18(25)22-16(24)12-7-10(19)3-5-14(12)20/h3,5,7,9H,2,4,6H2,1H3,(H2,22,23,24,25)/t9-/m0/s1. The number of nitrogens with zero attached hydrogens (tertiary/aromatic N) is 1. The average Bonchev–Trinajstić information content (AvgIpc) is 2.92. The summed E-state index contributed by atoms with van der Waals surface area (Å²) < 4.78 is 0.748. The van der Waals surface area contributed by atoms with Crippen LogP contribution >= 0.6 is 51.1 Å². The van der Waals surface area contributed by atoms with Gasteiger partial charge in [-0.1, -0.05) is 34.5 Å². The van der Waals surface area contributed by atoms with Crippen LogP contribution in [-0.4, -0.2) is 11.0 Å². The molecular formula is C18H15BrClN3OS2. The Balaban J connectivity index is 1.76. The number of hydrogen-bond acceptors (Lipinski definition) is 4. The lowest BCUT2D eigenvalue weighted by Crippen LogP contribution is -2.34. The van der Waals surface area contributed by atoms with Gasteiger partial charge in [0.15, 0.2) is 5.11 Å². The number of fused-ring (bicyclic) bond motifs is 1. The van der Waals surface area contributed by atoms with Crippen LogP contribution in [0.25, 0.3) is 0 Å². The Hall–Kier alpha value is -1.46. The third-order valence-corrected chi connectivity index (χ3v) is 6.45. The van der Waals surface area contributed by atoms with Crippen molar-refractivity contribution in [3.8, 4) is 6.07 Å². The Morgan fingerprint density at radius 1 is 1.50 bits per heavy atom. The molecule has 0 saturated heterocycles. The number of hydrogen-bond donors (Lipinski definition) is 2. The van der Waals surface area contributed by atoms with Gasteiger partial charge in [0.1, 0.15) is 11.1 Å². The minimum absolute atomic E-state index is 0.147. The molecule has 1 aromatic heterocycles. The Labute approximate surface area is 174 Å². The van der Waals surface area contributed by atoms with E-state index in [0.717, 1.165) is 29.3 Å². The van der Waals surface area contributed by atoms with E-state index in [0.29, 0.717) is 27.1 Å². The molecule has 4 nitrogen and oxygen atoms in total. The van der Waals surface area contributed by atoms with Gasteiger partial charge in [-0.15, -0.1) is 11.3 Å². The molecule has 2 N–H and O–H groups in total. The maximum absolute atomic E-state index is 12.4. The molecule has 1 heterocycles. The first-order valence-corrected chi connectivity index (χ1v) is 10.4. The molecule has 0 spiro atoms. The van der Waals surface area contributed by atoms with Crippen molar-refractivity contribution in [2.45, 2.75) is 26.2 Å². The van der Waals surface area contributed by atoms with Gasteiger partial charge in [0.25, 0.3) is 5.91 Å². The molecule has 0 radical (unpaired) electrons. The Bertz CT molecular complexity index is 935. The van der Waals surface area contributed by atoms with Crippen LogP contribution in [-0.2, 0) is 12.8 Å². The van der Waals surface area contributed by atoms with Crippen molar-refractivity contribution in [2.24, 2.45) is 5.92 Å². The number of thiophene rings is 1. The highest BCUT2D eigenvalue weighted by Crippen LogP contribution is 2.39. The fraction of sp³-hybridized carbons (Fsp3) is 0.278. The average molecular weight is 469 g/mol. The van der Waals surface area contributed by atoms with Gasteiger partial charge >= 0.3 is 0 Å². The number of benzene rings is 1. The maximum Gasteiger partial charge on any atom is 0.258 e. The van der Waals surface area contributed by atoms with Gasteiger partial charge in [-0.3, -0.25) is 10.1 Å². The zero-order valence-electron chi connectivity index (χ0n) is 13.9. The first-order valence-electron chi connectivity index (χ1n) is 8.01. The van der Waals surface area contributed by atoms with Gasteiger partial charge < -0.3 is 5.32 Å². The van der Waals surface area contributed by atoms with Crippen molar-refractivity contribution >= 4 is 67.1 Å². The summed E-state index contributed by atoms with van der Waals surface area (Å²) in [6.07, 6.45) is 2.97. The summed E-state index contributed by atoms with van der Waals surface area (Å²) in [6.45, 7) is 2.22. The molecule has 1 aliphatic rings. The van der Waals surface area contributed by atoms with Crippen LogP contribution in [0, 0.1) is 17.2 Å². The summed E-state index contributed by atoms with van der Waals surface area (Å²) in [5, 5.41) is 16.3. The first-order chi connectivity index (χ1) is 12.4. The quantitative estimate of drug-likeness (QED) is 0.588. The fourth-order valence-corrected chi connectivity index (χ4v) is 5.12. The smallest absolute Gasteiger partial charge is 0.258 e. The minimum Gasteiger partial charge on any atom is -0.323 e. The fourth-order valence-electron chi connectivity index (χ4n) is 2.93. The van der Waals surface area contributed by atoms with Gasteiger partial charge in [-0.05, 0) is 61.2 Å². The van der Waals surface area contributed by atoms with Crippen LogP contribution < -0.4 is 10.6 Å². The molecule has 1 amide bonds. The molecule has 8 heteroatoms. The number of carbonyl (C=O) groups excluding carboxylic acids is 1. The van der Waals surface area contributed by atoms with E-state index in [1.807, 2.05) is 0 Å². The highest BCUT2D eigenvalue weighted by atomic mass is 79.9. The van der Waals surface area contributed by atoms with E-state index in [9.17, 15) is 10.1 Å². The predicted octanol–water partition coefficient (Wildman–Crippen LogP) is 5.29. The predicted molar refractivity (Wildman–Crippen MR) is 113 cm³/mol. The van der Waals surface area contributed by atoms with Crippen molar-refractivity contribution in [3.05, 3.63) is 49.3 Å². The lowest BCUT2D eigenvalue weighted by Gasteiger charge is -2.17. The van der Waals surface area contributed by atoms with Gasteiger partial charge in [0.2, 0.25) is 0 Å². The molecule has 0 unspecified atom stereocenters. The maximum atomic E-state index is 12.4. The van der Waals surface area contributed by atoms with Gasteiger partial charge in [0, 0.05) is 9.35 Å². The second-order valence-corrected chi connectivity index (χ2v) is 9.04. The molecule has 0 aliphatic heterocycles. The van der Waals surface area contributed by atoms with E-state index in [-0.39, 0.29) is 5.11 Å². The molecule has 0 fully saturated rings. The van der Waals surface area contributed by atoms with Crippen LogP contribution in [0.5, 0.6) is 0 Å². The topological polar surface area (TPSA) is 64.9 Å². The number of halogens is 2. The molecule has 26 heavy (non-hydrogen) atoms. The Kier molecular flexibility index (Phi) is 5.98. The number of carbonyl (C=O) groups is 1. The number of nitrogens with one attached hydrogen (secondary N) is 2. The second-order valence-electron chi connectivity index (χ2n) is 6.20. The van der Waals surface area contributed by atoms with E-state index < -0.39 is 5.91 Å². The molecule has 1 atom stereocenters. The van der Waals surface area contributed by atoms with Gasteiger partial charge in [-0.2, -0.15) is 5.26 Å². The van der Waals surface area contributed by atoms with Crippen molar-refractivity contribution in [2.75, 3.05) is 5.32 Å². The third kappa shape index (κ3) is 4.09. The number of nitriles is 1. The summed E-state index contributed by atoms with van der Waals surface area (Å²) in [7, 11) is 0. The van der Waals surface area contributed by atoms with E-state index in [1.54, 1.807) is 29.5 Å². The molecule has 0 bridgehead atoms. The summed E-state index contributed by atoms with van der Waals surface area (Å²) in [5.74, 6) is 0.216. The minimum atomic E-state index is -0.401. The van der Waals surface area contributed by atoms with Crippen LogP contribution in [0.2, 0.25) is 5.02 Å². The number of thiocarbonyl (C=S) groups is 1. The van der Waals surface area contributed by atoms with Crippen molar-refractivity contribution in [1.82, 2.24) is 5.32 Å². The number of amides is 1. The van der Waals surface area contributed by atoms with Crippen LogP contribution in [0.1, 0.15) is 39.7 Å². The Morgan fingerprint density at radius 3 is 3.00 bits per heavy atom. The second kappa shape index (κ2) is 8.05. The molecule has 1 aromatic carbocycles. The van der Waals surface area contributed by atoms with E-state index >= 15 is 0 Å². The summed E-state index contributed by atoms with van der Waals surface area (Å²) in [5.41, 5.74) is 2.07.